The van der Waals surface area contributed by atoms with Crippen LogP contribution in [0.3, 0.4) is 0 Å². The van der Waals surface area contributed by atoms with Crippen LogP contribution in [0.4, 0.5) is 0 Å². The van der Waals surface area contributed by atoms with Gasteiger partial charge in [-0.15, -0.1) is 12.4 Å². The number of hydrogen-bond acceptors (Lipinski definition) is 3. The van der Waals surface area contributed by atoms with Crippen LogP contribution in [0.1, 0.15) is 33.6 Å². The first kappa shape index (κ1) is 18.1. The average molecular weight is 212 g/mol. The van der Waals surface area contributed by atoms with Crippen molar-refractivity contribution in [1.29, 1.82) is 0 Å². The van der Waals surface area contributed by atoms with Crippen LogP contribution in [0.15, 0.2) is 0 Å². The van der Waals surface area contributed by atoms with Gasteiger partial charge in [-0.2, -0.15) is 0 Å². The van der Waals surface area contributed by atoms with Crippen molar-refractivity contribution in [1.82, 2.24) is 0 Å². The van der Waals surface area contributed by atoms with E-state index in [1.807, 2.05) is 6.92 Å². The minimum atomic E-state index is -0.211. The van der Waals surface area contributed by atoms with Crippen LogP contribution in [0, 0.1) is 0 Å². The maximum Gasteiger partial charge on any atom is 0.302 e. The minimum absolute atomic E-state index is 0. The molecule has 0 saturated heterocycles. The van der Waals surface area contributed by atoms with Gasteiger partial charge in [0, 0.05) is 13.3 Å². The highest BCUT2D eigenvalue weighted by molar-refractivity contribution is 5.85. The van der Waals surface area contributed by atoms with Gasteiger partial charge in [-0.25, -0.2) is 0 Å². The fourth-order valence-corrected chi connectivity index (χ4v) is 0.450. The number of rotatable bonds is 3. The topological polar surface area (TPSA) is 69.4 Å². The molecule has 0 spiro atoms. The maximum atomic E-state index is 9.82. The van der Waals surface area contributed by atoms with Crippen LogP contribution in [0.5, 0.6) is 0 Å². The monoisotopic (exact) mass is 211 g/mol. The number of esters is 1. The van der Waals surface area contributed by atoms with Gasteiger partial charge >= 0.3 is 5.97 Å². The van der Waals surface area contributed by atoms with E-state index in [4.69, 9.17) is 5.73 Å². The smallest absolute Gasteiger partial charge is 0.302 e. The van der Waals surface area contributed by atoms with E-state index >= 15 is 0 Å². The summed E-state index contributed by atoms with van der Waals surface area (Å²) < 4.78 is 4.40. The Hall–Kier alpha value is -0.770. The molecule has 0 saturated carbocycles. The standard InChI is InChI=1S/C4H9NO.C4H8O2.ClH/c1-2-3-4(5)6;1-3-6-4(2)5;/h2-3H2,1H3,(H2,5,6);3H2,1-2H3;1H. The van der Waals surface area contributed by atoms with Gasteiger partial charge in [0.05, 0.1) is 6.61 Å². The summed E-state index contributed by atoms with van der Waals surface area (Å²) in [6.45, 7) is 5.57. The van der Waals surface area contributed by atoms with Gasteiger partial charge < -0.3 is 10.5 Å². The highest BCUT2D eigenvalue weighted by Crippen LogP contribution is 1.79. The molecule has 4 nitrogen and oxygen atoms in total. The largest absolute Gasteiger partial charge is 0.466 e. The molecule has 2 N–H and O–H groups in total. The normalized spacial score (nSPS) is 7.31. The van der Waals surface area contributed by atoms with E-state index in [9.17, 15) is 9.59 Å². The molecule has 0 aromatic carbocycles. The lowest BCUT2D eigenvalue weighted by atomic mass is 10.3. The minimum Gasteiger partial charge on any atom is -0.466 e. The molecule has 0 aliphatic heterocycles. The van der Waals surface area contributed by atoms with Gasteiger partial charge in [0.2, 0.25) is 5.91 Å². The van der Waals surface area contributed by atoms with Crippen molar-refractivity contribution >= 4 is 24.3 Å². The molecule has 0 fully saturated rings. The lowest BCUT2D eigenvalue weighted by molar-refractivity contribution is -0.140. The van der Waals surface area contributed by atoms with Crippen molar-refractivity contribution in [2.45, 2.75) is 33.6 Å². The van der Waals surface area contributed by atoms with Crippen LogP contribution in [-0.4, -0.2) is 18.5 Å². The number of halogens is 1. The summed E-state index contributed by atoms with van der Waals surface area (Å²) in [6, 6.07) is 0. The van der Waals surface area contributed by atoms with Crippen LogP contribution in [0.25, 0.3) is 0 Å². The summed E-state index contributed by atoms with van der Waals surface area (Å²) in [6.07, 6.45) is 1.37. The molecule has 80 valence electrons. The van der Waals surface area contributed by atoms with Gasteiger partial charge in [-0.05, 0) is 13.3 Å². The number of ether oxygens (including phenoxy) is 1. The zero-order valence-electron chi connectivity index (χ0n) is 8.33. The Kier molecular flexibility index (Phi) is 19.2. The predicted octanol–water partition coefficient (Wildman–Crippen LogP) is 1.26. The number of nitrogens with two attached hydrogens (primary N) is 1. The van der Waals surface area contributed by atoms with Crippen LogP contribution >= 0.6 is 12.4 Å². The molecule has 0 unspecified atom stereocenters. The Morgan fingerprint density at radius 3 is 1.77 bits per heavy atom. The van der Waals surface area contributed by atoms with Crippen LogP contribution in [0.2, 0.25) is 0 Å². The van der Waals surface area contributed by atoms with Gasteiger partial charge in [0.1, 0.15) is 0 Å². The van der Waals surface area contributed by atoms with E-state index in [-0.39, 0.29) is 24.3 Å². The van der Waals surface area contributed by atoms with E-state index in [2.05, 4.69) is 4.74 Å². The summed E-state index contributed by atoms with van der Waals surface area (Å²) in [7, 11) is 0. The molecular formula is C8H18ClNO3. The second-order valence-electron chi connectivity index (χ2n) is 2.14. The molecular weight excluding hydrogens is 194 g/mol. The molecule has 0 heterocycles. The highest BCUT2D eigenvalue weighted by Gasteiger charge is 1.84. The molecule has 0 aromatic rings. The van der Waals surface area contributed by atoms with E-state index in [0.29, 0.717) is 13.0 Å². The number of amides is 1. The van der Waals surface area contributed by atoms with Gasteiger partial charge in [0.15, 0.2) is 0 Å². The lowest BCUT2D eigenvalue weighted by Crippen LogP contribution is -2.08. The molecule has 1 amide bonds. The molecule has 0 bridgehead atoms. The maximum absolute atomic E-state index is 9.82. The Labute approximate surface area is 85.2 Å². The summed E-state index contributed by atoms with van der Waals surface area (Å²) >= 11 is 0. The third kappa shape index (κ3) is 35.0. The average Bonchev–Trinajstić information content (AvgIpc) is 1.87. The van der Waals surface area contributed by atoms with Gasteiger partial charge in [-0.3, -0.25) is 9.59 Å². The first-order valence-electron chi connectivity index (χ1n) is 3.96. The molecule has 13 heavy (non-hydrogen) atoms. The van der Waals surface area contributed by atoms with E-state index in [1.54, 1.807) is 6.92 Å². The molecule has 0 radical (unpaired) electrons. The second kappa shape index (κ2) is 13.8. The Morgan fingerprint density at radius 2 is 1.77 bits per heavy atom. The van der Waals surface area contributed by atoms with Crippen molar-refractivity contribution in [3.63, 3.8) is 0 Å². The summed E-state index contributed by atoms with van der Waals surface area (Å²) in [5.41, 5.74) is 4.76. The number of carbonyl (C=O) groups is 2. The van der Waals surface area contributed by atoms with Crippen molar-refractivity contribution < 1.29 is 14.3 Å². The number of hydrogen-bond donors (Lipinski definition) is 1. The van der Waals surface area contributed by atoms with Gasteiger partial charge in [-0.1, -0.05) is 6.92 Å². The quantitative estimate of drug-likeness (QED) is 0.715. The molecule has 0 aliphatic carbocycles. The zero-order valence-corrected chi connectivity index (χ0v) is 9.15. The predicted molar refractivity (Wildman–Crippen MR) is 53.7 cm³/mol. The lowest BCUT2D eigenvalue weighted by Gasteiger charge is -1.89. The molecule has 0 rings (SSSR count). The van der Waals surface area contributed by atoms with Crippen molar-refractivity contribution in [2.75, 3.05) is 6.61 Å². The first-order valence-corrected chi connectivity index (χ1v) is 3.96. The van der Waals surface area contributed by atoms with E-state index in [1.165, 1.54) is 6.92 Å². The Bertz CT molecular complexity index is 123. The van der Waals surface area contributed by atoms with E-state index in [0.717, 1.165) is 6.42 Å². The SMILES string of the molecule is CCCC(N)=O.CCOC(C)=O.Cl. The fraction of sp³-hybridized carbons (Fsp3) is 0.750. The van der Waals surface area contributed by atoms with Crippen molar-refractivity contribution in [3.8, 4) is 0 Å². The van der Waals surface area contributed by atoms with Gasteiger partial charge in [0.25, 0.3) is 0 Å². The summed E-state index contributed by atoms with van der Waals surface area (Å²) in [4.78, 5) is 19.6. The molecule has 0 atom stereocenters. The molecule has 5 heteroatoms. The fourth-order valence-electron chi connectivity index (χ4n) is 0.450. The van der Waals surface area contributed by atoms with Crippen molar-refractivity contribution in [3.05, 3.63) is 0 Å². The number of carbonyl (C=O) groups excluding carboxylic acids is 2. The highest BCUT2D eigenvalue weighted by atomic mass is 35.5. The van der Waals surface area contributed by atoms with Crippen LogP contribution < -0.4 is 5.73 Å². The van der Waals surface area contributed by atoms with Crippen LogP contribution in [-0.2, 0) is 14.3 Å². The Balaban J connectivity index is -0.000000143. The van der Waals surface area contributed by atoms with E-state index < -0.39 is 0 Å². The molecule has 0 aliphatic rings. The third-order valence-corrected chi connectivity index (χ3v) is 0.844. The molecule has 0 aromatic heterocycles. The third-order valence-electron chi connectivity index (χ3n) is 0.844. The Morgan fingerprint density at radius 1 is 1.31 bits per heavy atom. The second-order valence-corrected chi connectivity index (χ2v) is 2.14. The van der Waals surface area contributed by atoms with Crippen molar-refractivity contribution in [2.24, 2.45) is 5.73 Å². The summed E-state index contributed by atoms with van der Waals surface area (Å²) in [5, 5.41) is 0. The number of primary amides is 1. The zero-order chi connectivity index (χ0) is 9.98. The summed E-state index contributed by atoms with van der Waals surface area (Å²) in [5.74, 6) is -0.421. The first-order chi connectivity index (χ1) is 5.54.